The highest BCUT2D eigenvalue weighted by atomic mass is 16.5. The van der Waals surface area contributed by atoms with Crippen molar-refractivity contribution in [3.8, 4) is 5.75 Å². The molecule has 0 radical (unpaired) electrons. The second-order valence-electron chi connectivity index (χ2n) is 4.80. The zero-order chi connectivity index (χ0) is 16.3. The van der Waals surface area contributed by atoms with Crippen LogP contribution in [0.25, 0.3) is 0 Å². The topological polar surface area (TPSA) is 93.4 Å². The maximum Gasteiger partial charge on any atom is 0.339 e. The molecule has 1 aromatic heterocycles. The molecule has 1 atom stereocenters. The molecule has 7 heteroatoms. The van der Waals surface area contributed by atoms with Crippen LogP contribution in [0.2, 0.25) is 0 Å². The molecule has 0 saturated carbocycles. The van der Waals surface area contributed by atoms with Gasteiger partial charge in [-0.2, -0.15) is 5.10 Å². The standard InChI is InChI=1S/C15H17N3O4/c1-9(10-4-6-11(22-3)7-5-10)17-14(19)13-12(15(20)21)8-16-18(13)2/h4-9H,1-3H3,(H,17,19)(H,20,21)/t9-/m0/s1. The molecule has 0 aliphatic rings. The van der Waals surface area contributed by atoms with E-state index in [4.69, 9.17) is 9.84 Å². The lowest BCUT2D eigenvalue weighted by Crippen LogP contribution is -2.29. The summed E-state index contributed by atoms with van der Waals surface area (Å²) in [5, 5.41) is 15.7. The molecule has 0 aliphatic heterocycles. The van der Waals surface area contributed by atoms with Gasteiger partial charge in [0.1, 0.15) is 17.0 Å². The van der Waals surface area contributed by atoms with Crippen LogP contribution in [0, 0.1) is 0 Å². The highest BCUT2D eigenvalue weighted by Crippen LogP contribution is 2.18. The Kier molecular flexibility index (Phi) is 4.45. The molecule has 22 heavy (non-hydrogen) atoms. The average molecular weight is 303 g/mol. The van der Waals surface area contributed by atoms with E-state index in [0.717, 1.165) is 17.5 Å². The first-order valence-electron chi connectivity index (χ1n) is 6.64. The summed E-state index contributed by atoms with van der Waals surface area (Å²) in [4.78, 5) is 23.4. The van der Waals surface area contributed by atoms with Gasteiger partial charge in [-0.1, -0.05) is 12.1 Å². The third kappa shape index (κ3) is 3.08. The summed E-state index contributed by atoms with van der Waals surface area (Å²) in [6, 6.07) is 6.99. The SMILES string of the molecule is COc1ccc([C@H](C)NC(=O)c2c(C(=O)O)cnn2C)cc1. The normalized spacial score (nSPS) is 11.8. The van der Waals surface area contributed by atoms with Gasteiger partial charge in [-0.05, 0) is 24.6 Å². The van der Waals surface area contributed by atoms with Crippen LogP contribution < -0.4 is 10.1 Å². The summed E-state index contributed by atoms with van der Waals surface area (Å²) in [6.07, 6.45) is 1.16. The number of hydrogen-bond donors (Lipinski definition) is 2. The van der Waals surface area contributed by atoms with Gasteiger partial charge in [-0.25, -0.2) is 4.79 Å². The summed E-state index contributed by atoms with van der Waals surface area (Å²) in [5.41, 5.74) is 0.781. The van der Waals surface area contributed by atoms with Crippen LogP contribution >= 0.6 is 0 Å². The number of carboxylic acid groups (broad SMARTS) is 1. The molecule has 2 rings (SSSR count). The van der Waals surface area contributed by atoms with Crippen molar-refractivity contribution in [1.29, 1.82) is 0 Å². The number of nitrogens with one attached hydrogen (secondary N) is 1. The van der Waals surface area contributed by atoms with E-state index in [2.05, 4.69) is 10.4 Å². The number of carboxylic acids is 1. The van der Waals surface area contributed by atoms with Crippen LogP contribution in [0.5, 0.6) is 5.75 Å². The minimum Gasteiger partial charge on any atom is -0.497 e. The number of nitrogens with zero attached hydrogens (tertiary/aromatic N) is 2. The van der Waals surface area contributed by atoms with Crippen LogP contribution in [-0.2, 0) is 7.05 Å². The molecular weight excluding hydrogens is 286 g/mol. The Hall–Kier alpha value is -2.83. The number of methoxy groups -OCH3 is 1. The quantitative estimate of drug-likeness (QED) is 0.875. The van der Waals surface area contributed by atoms with E-state index < -0.39 is 11.9 Å². The molecule has 0 aliphatic carbocycles. The van der Waals surface area contributed by atoms with Gasteiger partial charge < -0.3 is 15.2 Å². The van der Waals surface area contributed by atoms with Crippen molar-refractivity contribution < 1.29 is 19.4 Å². The van der Waals surface area contributed by atoms with E-state index in [0.29, 0.717) is 0 Å². The number of aromatic nitrogens is 2. The lowest BCUT2D eigenvalue weighted by Gasteiger charge is -2.15. The number of amides is 1. The zero-order valence-corrected chi connectivity index (χ0v) is 12.5. The molecule has 0 fully saturated rings. The van der Waals surface area contributed by atoms with Crippen LogP contribution in [-0.4, -0.2) is 33.9 Å². The average Bonchev–Trinajstić information content (AvgIpc) is 2.89. The third-order valence-corrected chi connectivity index (χ3v) is 3.35. The van der Waals surface area contributed by atoms with Crippen molar-refractivity contribution >= 4 is 11.9 Å². The molecule has 0 unspecified atom stereocenters. The second kappa shape index (κ2) is 6.30. The Labute approximate surface area is 127 Å². The van der Waals surface area contributed by atoms with Crippen molar-refractivity contribution in [3.05, 3.63) is 47.3 Å². The Morgan fingerprint density at radius 3 is 2.50 bits per heavy atom. The number of ether oxygens (including phenoxy) is 1. The third-order valence-electron chi connectivity index (χ3n) is 3.35. The lowest BCUT2D eigenvalue weighted by molar-refractivity contribution is 0.0690. The molecule has 1 aromatic carbocycles. The maximum absolute atomic E-state index is 12.3. The molecule has 116 valence electrons. The van der Waals surface area contributed by atoms with Gasteiger partial charge in [0.2, 0.25) is 0 Å². The van der Waals surface area contributed by atoms with E-state index in [1.807, 2.05) is 19.1 Å². The molecule has 0 bridgehead atoms. The molecule has 0 saturated heterocycles. The first-order chi connectivity index (χ1) is 10.4. The summed E-state index contributed by atoms with van der Waals surface area (Å²) in [6.45, 7) is 1.82. The lowest BCUT2D eigenvalue weighted by atomic mass is 10.1. The van der Waals surface area contributed by atoms with Gasteiger partial charge in [-0.15, -0.1) is 0 Å². The van der Waals surface area contributed by atoms with Gasteiger partial charge >= 0.3 is 5.97 Å². The van der Waals surface area contributed by atoms with Crippen molar-refractivity contribution in [2.75, 3.05) is 7.11 Å². The number of hydrogen-bond acceptors (Lipinski definition) is 4. The second-order valence-corrected chi connectivity index (χ2v) is 4.80. The Morgan fingerprint density at radius 2 is 1.95 bits per heavy atom. The van der Waals surface area contributed by atoms with Gasteiger partial charge in [0, 0.05) is 7.05 Å². The summed E-state index contributed by atoms with van der Waals surface area (Å²) >= 11 is 0. The van der Waals surface area contributed by atoms with E-state index in [-0.39, 0.29) is 17.3 Å². The molecular formula is C15H17N3O4. The molecule has 0 spiro atoms. The van der Waals surface area contributed by atoms with Crippen LogP contribution in [0.15, 0.2) is 30.5 Å². The summed E-state index contributed by atoms with van der Waals surface area (Å²) in [7, 11) is 3.11. The molecule has 2 N–H and O–H groups in total. The summed E-state index contributed by atoms with van der Waals surface area (Å²) in [5.74, 6) is -0.946. The van der Waals surface area contributed by atoms with Gasteiger partial charge in [0.25, 0.3) is 5.91 Å². The van der Waals surface area contributed by atoms with Crippen molar-refractivity contribution in [2.45, 2.75) is 13.0 Å². The number of carbonyl (C=O) groups excluding carboxylic acids is 1. The Morgan fingerprint density at radius 1 is 1.32 bits per heavy atom. The fourth-order valence-electron chi connectivity index (χ4n) is 2.10. The first kappa shape index (κ1) is 15.6. The van der Waals surface area contributed by atoms with Gasteiger partial charge in [0.15, 0.2) is 0 Å². The molecule has 1 heterocycles. The smallest absolute Gasteiger partial charge is 0.339 e. The van der Waals surface area contributed by atoms with E-state index >= 15 is 0 Å². The monoisotopic (exact) mass is 303 g/mol. The fourth-order valence-corrected chi connectivity index (χ4v) is 2.10. The summed E-state index contributed by atoms with van der Waals surface area (Å²) < 4.78 is 6.33. The minimum absolute atomic E-state index is 0.0212. The number of aromatic carboxylic acids is 1. The highest BCUT2D eigenvalue weighted by Gasteiger charge is 2.22. The first-order valence-corrected chi connectivity index (χ1v) is 6.64. The predicted molar refractivity (Wildman–Crippen MR) is 79.0 cm³/mol. The predicted octanol–water partition coefficient (Wildman–Crippen LogP) is 1.62. The Bertz CT molecular complexity index is 691. The van der Waals surface area contributed by atoms with Crippen LogP contribution in [0.4, 0.5) is 0 Å². The number of carbonyl (C=O) groups is 2. The van der Waals surface area contributed by atoms with Gasteiger partial charge in [-0.3, -0.25) is 9.48 Å². The van der Waals surface area contributed by atoms with Crippen LogP contribution in [0.1, 0.15) is 39.4 Å². The van der Waals surface area contributed by atoms with Gasteiger partial charge in [0.05, 0.1) is 19.3 Å². The molecule has 1 amide bonds. The Balaban J connectivity index is 2.17. The van der Waals surface area contributed by atoms with Crippen LogP contribution in [0.3, 0.4) is 0 Å². The van der Waals surface area contributed by atoms with E-state index in [1.165, 1.54) is 11.7 Å². The molecule has 2 aromatic rings. The number of rotatable bonds is 5. The fraction of sp³-hybridized carbons (Fsp3) is 0.267. The highest BCUT2D eigenvalue weighted by molar-refractivity contribution is 6.03. The van der Waals surface area contributed by atoms with E-state index in [1.54, 1.807) is 19.2 Å². The zero-order valence-electron chi connectivity index (χ0n) is 12.5. The van der Waals surface area contributed by atoms with E-state index in [9.17, 15) is 9.59 Å². The maximum atomic E-state index is 12.3. The van der Waals surface area contributed by atoms with Crippen molar-refractivity contribution in [3.63, 3.8) is 0 Å². The van der Waals surface area contributed by atoms with Crippen molar-refractivity contribution in [2.24, 2.45) is 7.05 Å². The number of aryl methyl sites for hydroxylation is 1. The minimum atomic E-state index is -1.18. The molecule has 7 nitrogen and oxygen atoms in total. The number of benzene rings is 1. The largest absolute Gasteiger partial charge is 0.497 e. The van der Waals surface area contributed by atoms with Crippen molar-refractivity contribution in [1.82, 2.24) is 15.1 Å².